The van der Waals surface area contributed by atoms with Crippen molar-refractivity contribution in [3.8, 4) is 0 Å². The molecular formula is C32H64CoO4. The third-order valence-corrected chi connectivity index (χ3v) is 6.99. The summed E-state index contributed by atoms with van der Waals surface area (Å²) in [5.74, 6) is -1.31. The van der Waals surface area contributed by atoms with E-state index in [1.165, 1.54) is 141 Å². The van der Waals surface area contributed by atoms with Crippen molar-refractivity contribution < 1.29 is 36.6 Å². The van der Waals surface area contributed by atoms with Crippen molar-refractivity contribution >= 4 is 11.9 Å². The third-order valence-electron chi connectivity index (χ3n) is 6.99. The molecule has 0 atom stereocenters. The molecule has 0 heterocycles. The van der Waals surface area contributed by atoms with E-state index < -0.39 is 11.9 Å². The Kier molecular flexibility index (Phi) is 41.6. The third kappa shape index (κ3) is 45.7. The second kappa shape index (κ2) is 37.6. The van der Waals surface area contributed by atoms with Gasteiger partial charge in [-0.05, 0) is 12.8 Å². The second-order valence-electron chi connectivity index (χ2n) is 10.8. The Hall–Kier alpha value is -0.554. The van der Waals surface area contributed by atoms with E-state index >= 15 is 0 Å². The molecule has 0 saturated heterocycles. The molecule has 5 heteroatoms. The minimum atomic E-state index is -0.655. The van der Waals surface area contributed by atoms with Gasteiger partial charge in [-0.25, -0.2) is 0 Å². The molecule has 0 spiro atoms. The normalized spacial score (nSPS) is 10.4. The zero-order valence-electron chi connectivity index (χ0n) is 24.8. The second-order valence-corrected chi connectivity index (χ2v) is 10.8. The van der Waals surface area contributed by atoms with Gasteiger partial charge in [0.2, 0.25) is 0 Å². The van der Waals surface area contributed by atoms with Gasteiger partial charge in [0.25, 0.3) is 0 Å². The molecule has 0 amide bonds. The van der Waals surface area contributed by atoms with E-state index in [1.807, 2.05) is 0 Å². The average Bonchev–Trinajstić information content (AvgIpc) is 2.85. The van der Waals surface area contributed by atoms with E-state index in [0.717, 1.165) is 25.7 Å². The van der Waals surface area contributed by atoms with Crippen molar-refractivity contribution in [1.82, 2.24) is 0 Å². The van der Waals surface area contributed by atoms with Gasteiger partial charge >= 0.3 is 11.9 Å². The van der Waals surface area contributed by atoms with Crippen LogP contribution >= 0.6 is 0 Å². The van der Waals surface area contributed by atoms with Crippen LogP contribution in [0.25, 0.3) is 0 Å². The molecule has 2 N–H and O–H groups in total. The average molecular weight is 572 g/mol. The van der Waals surface area contributed by atoms with Crippen molar-refractivity contribution in [2.24, 2.45) is 0 Å². The van der Waals surface area contributed by atoms with Crippen LogP contribution in [0.5, 0.6) is 0 Å². The van der Waals surface area contributed by atoms with Crippen molar-refractivity contribution in [2.45, 2.75) is 194 Å². The van der Waals surface area contributed by atoms with Gasteiger partial charge in [0.15, 0.2) is 0 Å². The molecule has 0 aromatic heterocycles. The Morgan fingerprint density at radius 2 is 0.514 bits per heavy atom. The molecule has 0 fully saturated rings. The Balaban J connectivity index is -0.000000608. The molecule has 1 radical (unpaired) electrons. The summed E-state index contributed by atoms with van der Waals surface area (Å²) in [5, 5.41) is 17.0. The number of carboxylic acids is 2. The van der Waals surface area contributed by atoms with Crippen molar-refractivity contribution in [1.29, 1.82) is 0 Å². The molecule has 37 heavy (non-hydrogen) atoms. The van der Waals surface area contributed by atoms with Crippen LogP contribution in [0.1, 0.15) is 194 Å². The first-order valence-corrected chi connectivity index (χ1v) is 16.0. The smallest absolute Gasteiger partial charge is 0.303 e. The zero-order chi connectivity index (χ0) is 27.0. The van der Waals surface area contributed by atoms with Crippen LogP contribution in [0.15, 0.2) is 0 Å². The molecule has 0 rings (SSSR count). The molecule has 0 aromatic rings. The minimum Gasteiger partial charge on any atom is -0.481 e. The summed E-state index contributed by atoms with van der Waals surface area (Å²) in [7, 11) is 0. The van der Waals surface area contributed by atoms with Gasteiger partial charge < -0.3 is 10.2 Å². The van der Waals surface area contributed by atoms with E-state index in [2.05, 4.69) is 13.8 Å². The number of unbranched alkanes of at least 4 members (excludes halogenated alkanes) is 24. The fraction of sp³-hybridized carbons (Fsp3) is 0.938. The van der Waals surface area contributed by atoms with Gasteiger partial charge in [-0.2, -0.15) is 0 Å². The van der Waals surface area contributed by atoms with E-state index in [9.17, 15) is 9.59 Å². The standard InChI is InChI=1S/2C16H32O2.Co/c2*1-2-3-4-5-6-7-8-9-10-11-12-13-14-15-16(17)18;/h2*2-15H2,1H3,(H,17,18);. The topological polar surface area (TPSA) is 74.6 Å². The van der Waals surface area contributed by atoms with Crippen LogP contribution in [-0.2, 0) is 26.4 Å². The Labute approximate surface area is 241 Å². The van der Waals surface area contributed by atoms with E-state index in [1.54, 1.807) is 0 Å². The van der Waals surface area contributed by atoms with Gasteiger partial charge in [0.1, 0.15) is 0 Å². The first-order chi connectivity index (χ1) is 17.5. The maximum Gasteiger partial charge on any atom is 0.303 e. The summed E-state index contributed by atoms with van der Waals surface area (Å²) in [6.07, 6.45) is 34.5. The number of rotatable bonds is 28. The monoisotopic (exact) mass is 571 g/mol. The summed E-state index contributed by atoms with van der Waals surface area (Å²) < 4.78 is 0. The molecular weight excluding hydrogens is 507 g/mol. The number of carboxylic acid groups (broad SMARTS) is 2. The maximum absolute atomic E-state index is 10.3. The Bertz CT molecular complexity index is 403. The van der Waals surface area contributed by atoms with Gasteiger partial charge in [-0.15, -0.1) is 0 Å². The van der Waals surface area contributed by atoms with Crippen LogP contribution in [0, 0.1) is 0 Å². The van der Waals surface area contributed by atoms with E-state index in [4.69, 9.17) is 10.2 Å². The first-order valence-electron chi connectivity index (χ1n) is 16.0. The fourth-order valence-corrected chi connectivity index (χ4v) is 4.59. The number of hydrogen-bond donors (Lipinski definition) is 2. The van der Waals surface area contributed by atoms with Crippen LogP contribution in [0.2, 0.25) is 0 Å². The Morgan fingerprint density at radius 3 is 0.676 bits per heavy atom. The molecule has 0 aromatic carbocycles. The molecule has 0 saturated carbocycles. The van der Waals surface area contributed by atoms with Crippen LogP contribution in [-0.4, -0.2) is 22.2 Å². The fourth-order valence-electron chi connectivity index (χ4n) is 4.59. The molecule has 0 bridgehead atoms. The van der Waals surface area contributed by atoms with Gasteiger partial charge in [-0.3, -0.25) is 9.59 Å². The number of hydrogen-bond acceptors (Lipinski definition) is 2. The SMILES string of the molecule is CCCCCCCCCCCCCCCC(=O)O.CCCCCCCCCCCCCCCC(=O)O.[Co]. The number of aliphatic carboxylic acids is 2. The van der Waals surface area contributed by atoms with Crippen LogP contribution in [0.3, 0.4) is 0 Å². The molecule has 4 nitrogen and oxygen atoms in total. The molecule has 0 aliphatic carbocycles. The first kappa shape index (κ1) is 40.9. The van der Waals surface area contributed by atoms with Crippen molar-refractivity contribution in [2.75, 3.05) is 0 Å². The Morgan fingerprint density at radius 1 is 0.351 bits per heavy atom. The zero-order valence-corrected chi connectivity index (χ0v) is 25.9. The van der Waals surface area contributed by atoms with Crippen molar-refractivity contribution in [3.05, 3.63) is 0 Å². The predicted octanol–water partition coefficient (Wildman–Crippen LogP) is 11.1. The van der Waals surface area contributed by atoms with Gasteiger partial charge in [-0.1, -0.05) is 168 Å². The minimum absolute atomic E-state index is 0. The van der Waals surface area contributed by atoms with Crippen molar-refractivity contribution in [3.63, 3.8) is 0 Å². The summed E-state index contributed by atoms with van der Waals surface area (Å²) in [6, 6.07) is 0. The predicted molar refractivity (Wildman–Crippen MR) is 156 cm³/mol. The summed E-state index contributed by atoms with van der Waals surface area (Å²) in [4.78, 5) is 20.6. The number of carbonyl (C=O) groups is 2. The van der Waals surface area contributed by atoms with E-state index in [0.29, 0.717) is 12.8 Å². The summed E-state index contributed by atoms with van der Waals surface area (Å²) >= 11 is 0. The van der Waals surface area contributed by atoms with Crippen LogP contribution < -0.4 is 0 Å². The molecule has 0 aliphatic rings. The van der Waals surface area contributed by atoms with Gasteiger partial charge in [0, 0.05) is 29.6 Å². The quantitative estimate of drug-likeness (QED) is 0.0916. The summed E-state index contributed by atoms with van der Waals surface area (Å²) in [6.45, 7) is 4.52. The molecule has 0 aliphatic heterocycles. The van der Waals surface area contributed by atoms with E-state index in [-0.39, 0.29) is 16.8 Å². The van der Waals surface area contributed by atoms with Crippen LogP contribution in [0.4, 0.5) is 0 Å². The van der Waals surface area contributed by atoms with Gasteiger partial charge in [0.05, 0.1) is 0 Å². The maximum atomic E-state index is 10.3. The molecule has 225 valence electrons. The largest absolute Gasteiger partial charge is 0.481 e. The molecule has 0 unspecified atom stereocenters. The summed E-state index contributed by atoms with van der Waals surface area (Å²) in [5.41, 5.74) is 0.